The van der Waals surface area contributed by atoms with Crippen LogP contribution in [0.2, 0.25) is 0 Å². The molecule has 0 spiro atoms. The van der Waals surface area contributed by atoms with Crippen LogP contribution >= 0.6 is 0 Å². The summed E-state index contributed by atoms with van der Waals surface area (Å²) in [7, 11) is 0. The minimum atomic E-state index is 0.168. The van der Waals surface area contributed by atoms with Crippen LogP contribution in [0.5, 0.6) is 0 Å². The lowest BCUT2D eigenvalue weighted by Crippen LogP contribution is -2.35. The molecule has 2 atom stereocenters. The second kappa shape index (κ2) is 8.98. The summed E-state index contributed by atoms with van der Waals surface area (Å²) in [5, 5.41) is 7.16. The molecule has 2 aromatic rings. The van der Waals surface area contributed by atoms with Gasteiger partial charge in [-0.15, -0.1) is 13.2 Å². The van der Waals surface area contributed by atoms with Crippen molar-refractivity contribution in [1.82, 2.24) is 10.6 Å². The lowest BCUT2D eigenvalue weighted by Gasteiger charge is -2.29. The van der Waals surface area contributed by atoms with Gasteiger partial charge >= 0.3 is 0 Å². The maximum Gasteiger partial charge on any atom is 0.0520 e. The van der Waals surface area contributed by atoms with Crippen molar-refractivity contribution in [2.45, 2.75) is 12.1 Å². The zero-order chi connectivity index (χ0) is 15.6. The molecule has 0 unspecified atom stereocenters. The molecule has 0 radical (unpaired) electrons. The molecule has 2 heteroatoms. The van der Waals surface area contributed by atoms with E-state index in [1.54, 1.807) is 0 Å². The number of benzene rings is 2. The van der Waals surface area contributed by atoms with Crippen molar-refractivity contribution in [3.8, 4) is 0 Å². The molecule has 0 amide bonds. The van der Waals surface area contributed by atoms with Crippen LogP contribution < -0.4 is 10.6 Å². The number of rotatable bonds is 9. The lowest BCUT2D eigenvalue weighted by molar-refractivity contribution is 0.409. The highest BCUT2D eigenvalue weighted by Crippen LogP contribution is 2.28. The first kappa shape index (κ1) is 16.2. The van der Waals surface area contributed by atoms with E-state index in [1.165, 1.54) is 11.1 Å². The van der Waals surface area contributed by atoms with Gasteiger partial charge in [-0.05, 0) is 11.1 Å². The standard InChI is InChI=1S/C20H24N2/c1-3-15-21-19(17-11-7-5-8-12-17)20(22-16-4-2)18-13-9-6-10-14-18/h3-14,19-22H,1-2,15-16H2/t19-,20+. The van der Waals surface area contributed by atoms with Gasteiger partial charge in [-0.2, -0.15) is 0 Å². The zero-order valence-corrected chi connectivity index (χ0v) is 12.9. The first-order chi connectivity index (χ1) is 10.9. The molecule has 0 aliphatic carbocycles. The van der Waals surface area contributed by atoms with E-state index in [4.69, 9.17) is 0 Å². The van der Waals surface area contributed by atoms with E-state index in [0.29, 0.717) is 0 Å². The van der Waals surface area contributed by atoms with Crippen LogP contribution in [0, 0.1) is 0 Å². The molecule has 0 aromatic heterocycles. The number of hydrogen-bond acceptors (Lipinski definition) is 2. The van der Waals surface area contributed by atoms with Gasteiger partial charge in [0.25, 0.3) is 0 Å². The van der Waals surface area contributed by atoms with E-state index in [1.807, 2.05) is 24.3 Å². The maximum atomic E-state index is 3.82. The Balaban J connectivity index is 2.33. The quantitative estimate of drug-likeness (QED) is 0.682. The molecule has 0 saturated carbocycles. The molecular formula is C20H24N2. The van der Waals surface area contributed by atoms with Crippen LogP contribution in [0.3, 0.4) is 0 Å². The summed E-state index contributed by atoms with van der Waals surface area (Å²) in [6.45, 7) is 9.17. The van der Waals surface area contributed by atoms with Gasteiger partial charge in [0.15, 0.2) is 0 Å². The Morgan fingerprint density at radius 3 is 1.36 bits per heavy atom. The summed E-state index contributed by atoms with van der Waals surface area (Å²) in [4.78, 5) is 0. The highest BCUT2D eigenvalue weighted by Gasteiger charge is 2.23. The maximum absolute atomic E-state index is 3.82. The van der Waals surface area contributed by atoms with E-state index in [2.05, 4.69) is 72.3 Å². The molecule has 114 valence electrons. The Labute approximate surface area is 133 Å². The summed E-state index contributed by atoms with van der Waals surface area (Å²) in [5.41, 5.74) is 2.52. The second-order valence-corrected chi connectivity index (χ2v) is 5.17. The summed E-state index contributed by atoms with van der Waals surface area (Å²) >= 11 is 0. The van der Waals surface area contributed by atoms with Gasteiger partial charge in [-0.3, -0.25) is 0 Å². The highest BCUT2D eigenvalue weighted by molar-refractivity contribution is 5.28. The zero-order valence-electron chi connectivity index (χ0n) is 12.9. The van der Waals surface area contributed by atoms with Gasteiger partial charge in [0.05, 0.1) is 12.1 Å². The fourth-order valence-corrected chi connectivity index (χ4v) is 2.60. The summed E-state index contributed by atoms with van der Waals surface area (Å²) in [6.07, 6.45) is 3.79. The minimum Gasteiger partial charge on any atom is -0.305 e. The molecule has 0 aliphatic rings. The van der Waals surface area contributed by atoms with Crippen LogP contribution in [0.15, 0.2) is 86.0 Å². The van der Waals surface area contributed by atoms with Crippen LogP contribution in [0.25, 0.3) is 0 Å². The fraction of sp³-hybridized carbons (Fsp3) is 0.200. The molecule has 22 heavy (non-hydrogen) atoms. The van der Waals surface area contributed by atoms with E-state index >= 15 is 0 Å². The van der Waals surface area contributed by atoms with E-state index < -0.39 is 0 Å². The molecule has 0 aliphatic heterocycles. The smallest absolute Gasteiger partial charge is 0.0520 e. The van der Waals surface area contributed by atoms with Gasteiger partial charge in [0.1, 0.15) is 0 Å². The van der Waals surface area contributed by atoms with Crippen LogP contribution in [0.1, 0.15) is 23.2 Å². The molecular weight excluding hydrogens is 268 g/mol. The van der Waals surface area contributed by atoms with Crippen LogP contribution in [0.4, 0.5) is 0 Å². The van der Waals surface area contributed by atoms with Gasteiger partial charge in [0, 0.05) is 13.1 Å². The van der Waals surface area contributed by atoms with Crippen molar-refractivity contribution in [3.05, 3.63) is 97.1 Å². The Morgan fingerprint density at radius 1 is 0.682 bits per heavy atom. The van der Waals surface area contributed by atoms with Crippen LogP contribution in [-0.2, 0) is 0 Å². The Hall–Kier alpha value is -2.16. The van der Waals surface area contributed by atoms with Crippen LogP contribution in [-0.4, -0.2) is 13.1 Å². The van der Waals surface area contributed by atoms with Crippen molar-refractivity contribution in [3.63, 3.8) is 0 Å². The molecule has 0 fully saturated rings. The second-order valence-electron chi connectivity index (χ2n) is 5.17. The average Bonchev–Trinajstić information content (AvgIpc) is 2.59. The highest BCUT2D eigenvalue weighted by atomic mass is 15.0. The lowest BCUT2D eigenvalue weighted by atomic mass is 9.93. The molecule has 0 saturated heterocycles. The predicted molar refractivity (Wildman–Crippen MR) is 94.8 cm³/mol. The fourth-order valence-electron chi connectivity index (χ4n) is 2.60. The first-order valence-electron chi connectivity index (χ1n) is 7.65. The van der Waals surface area contributed by atoms with Crippen molar-refractivity contribution in [2.75, 3.05) is 13.1 Å². The van der Waals surface area contributed by atoms with E-state index in [0.717, 1.165) is 13.1 Å². The Morgan fingerprint density at radius 2 is 1.05 bits per heavy atom. The first-order valence-corrected chi connectivity index (χ1v) is 7.65. The molecule has 0 heterocycles. The van der Waals surface area contributed by atoms with E-state index in [9.17, 15) is 0 Å². The number of nitrogens with one attached hydrogen (secondary N) is 2. The molecule has 2 rings (SSSR count). The molecule has 0 bridgehead atoms. The van der Waals surface area contributed by atoms with Gasteiger partial charge in [-0.25, -0.2) is 0 Å². The number of hydrogen-bond donors (Lipinski definition) is 2. The van der Waals surface area contributed by atoms with Gasteiger partial charge in [-0.1, -0.05) is 72.8 Å². The average molecular weight is 292 g/mol. The SMILES string of the molecule is C=CCN[C@H](c1ccccc1)[C@@H](NCC=C)c1ccccc1. The summed E-state index contributed by atoms with van der Waals surface area (Å²) < 4.78 is 0. The predicted octanol–water partition coefficient (Wildman–Crippen LogP) is 4.02. The summed E-state index contributed by atoms with van der Waals surface area (Å²) in [6, 6.07) is 21.4. The van der Waals surface area contributed by atoms with E-state index in [-0.39, 0.29) is 12.1 Å². The van der Waals surface area contributed by atoms with Gasteiger partial charge in [0.2, 0.25) is 0 Å². The van der Waals surface area contributed by atoms with Crippen molar-refractivity contribution < 1.29 is 0 Å². The monoisotopic (exact) mass is 292 g/mol. The van der Waals surface area contributed by atoms with Crippen molar-refractivity contribution >= 4 is 0 Å². The third-order valence-electron chi connectivity index (χ3n) is 3.61. The third kappa shape index (κ3) is 4.42. The Kier molecular flexibility index (Phi) is 6.62. The van der Waals surface area contributed by atoms with Crippen molar-refractivity contribution in [2.24, 2.45) is 0 Å². The van der Waals surface area contributed by atoms with Crippen molar-refractivity contribution in [1.29, 1.82) is 0 Å². The largest absolute Gasteiger partial charge is 0.305 e. The normalized spacial score (nSPS) is 13.3. The topological polar surface area (TPSA) is 24.1 Å². The third-order valence-corrected chi connectivity index (χ3v) is 3.61. The molecule has 2 aromatic carbocycles. The van der Waals surface area contributed by atoms with Gasteiger partial charge < -0.3 is 10.6 Å². The summed E-state index contributed by atoms with van der Waals surface area (Å²) in [5.74, 6) is 0. The molecule has 2 nitrogen and oxygen atoms in total. The molecule has 2 N–H and O–H groups in total. The minimum absolute atomic E-state index is 0.168. The Bertz CT molecular complexity index is 509.